The summed E-state index contributed by atoms with van der Waals surface area (Å²) in [5.74, 6) is -0.283. The molecule has 2 aromatic carbocycles. The molecule has 7 heteroatoms. The number of carbonyl (C=O) groups is 2. The average Bonchev–Trinajstić information content (AvgIpc) is 3.06. The first-order chi connectivity index (χ1) is 15.0. The molecule has 160 valence electrons. The van der Waals surface area contributed by atoms with Gasteiger partial charge in [0.15, 0.2) is 0 Å². The van der Waals surface area contributed by atoms with Gasteiger partial charge in [0.05, 0.1) is 6.42 Å². The minimum atomic E-state index is -0.178. The van der Waals surface area contributed by atoms with Crippen LogP contribution >= 0.6 is 11.6 Å². The third kappa shape index (κ3) is 3.60. The fourth-order valence-corrected chi connectivity index (χ4v) is 4.97. The van der Waals surface area contributed by atoms with Gasteiger partial charge in [-0.1, -0.05) is 35.9 Å². The Morgan fingerprint density at radius 1 is 0.935 bits per heavy atom. The van der Waals surface area contributed by atoms with Gasteiger partial charge in [-0.25, -0.2) is 0 Å². The standard InChI is InChI=1S/C24H25ClN4O2/c1-26-21-8-3-2-7-19(21)20-16-22(30)29(24(31)23(20)26)14-11-27-9-12-28(13-10-27)18-6-4-5-17(25)15-18/h2-8,15H,9-14,16H2,1H3. The Balaban J connectivity index is 1.25. The molecule has 31 heavy (non-hydrogen) atoms. The number of imide groups is 1. The summed E-state index contributed by atoms with van der Waals surface area (Å²) in [5.41, 5.74) is 3.63. The summed E-state index contributed by atoms with van der Waals surface area (Å²) < 4.78 is 1.93. The largest absolute Gasteiger partial charge is 0.369 e. The maximum atomic E-state index is 13.2. The molecular formula is C24H25ClN4O2. The number of carbonyl (C=O) groups excluding carboxylic acids is 2. The molecule has 0 saturated carbocycles. The molecule has 1 saturated heterocycles. The first-order valence-electron chi connectivity index (χ1n) is 10.7. The van der Waals surface area contributed by atoms with Gasteiger partial charge in [0.1, 0.15) is 5.69 Å². The van der Waals surface area contributed by atoms with E-state index in [1.165, 1.54) is 4.90 Å². The predicted molar refractivity (Wildman–Crippen MR) is 123 cm³/mol. The molecular weight excluding hydrogens is 412 g/mol. The van der Waals surface area contributed by atoms with Gasteiger partial charge < -0.3 is 9.47 Å². The van der Waals surface area contributed by atoms with Crippen molar-refractivity contribution in [2.24, 2.45) is 7.05 Å². The third-order valence-electron chi connectivity index (χ3n) is 6.47. The number of aromatic nitrogens is 1. The van der Waals surface area contributed by atoms with E-state index < -0.39 is 0 Å². The lowest BCUT2D eigenvalue weighted by molar-refractivity contribution is -0.128. The van der Waals surface area contributed by atoms with E-state index in [0.717, 1.165) is 53.4 Å². The zero-order valence-electron chi connectivity index (χ0n) is 17.6. The van der Waals surface area contributed by atoms with Crippen LogP contribution in [0.2, 0.25) is 5.02 Å². The summed E-state index contributed by atoms with van der Waals surface area (Å²) in [6.45, 7) is 4.70. The van der Waals surface area contributed by atoms with Crippen LogP contribution in [0.25, 0.3) is 10.9 Å². The molecule has 0 N–H and O–H groups in total. The van der Waals surface area contributed by atoms with Crippen LogP contribution in [-0.2, 0) is 18.3 Å². The van der Waals surface area contributed by atoms with Gasteiger partial charge in [-0.2, -0.15) is 0 Å². The van der Waals surface area contributed by atoms with E-state index in [1.807, 2.05) is 54.1 Å². The van der Waals surface area contributed by atoms with Crippen molar-refractivity contribution in [1.82, 2.24) is 14.4 Å². The molecule has 6 nitrogen and oxygen atoms in total. The number of benzene rings is 2. The lowest BCUT2D eigenvalue weighted by Crippen LogP contribution is -2.51. The summed E-state index contributed by atoms with van der Waals surface area (Å²) in [6.07, 6.45) is 0.283. The minimum absolute atomic E-state index is 0.105. The molecule has 0 bridgehead atoms. The van der Waals surface area contributed by atoms with Gasteiger partial charge in [-0.05, 0) is 24.3 Å². The normalized spacial score (nSPS) is 17.5. The van der Waals surface area contributed by atoms with Crippen LogP contribution in [0.3, 0.4) is 0 Å². The van der Waals surface area contributed by atoms with E-state index in [1.54, 1.807) is 0 Å². The molecule has 1 aromatic heterocycles. The van der Waals surface area contributed by atoms with E-state index in [-0.39, 0.29) is 18.2 Å². The molecule has 2 amide bonds. The number of halogens is 1. The zero-order chi connectivity index (χ0) is 21.5. The van der Waals surface area contributed by atoms with Gasteiger partial charge in [0.25, 0.3) is 5.91 Å². The topological polar surface area (TPSA) is 48.8 Å². The van der Waals surface area contributed by atoms with Crippen LogP contribution in [-0.4, -0.2) is 65.4 Å². The average molecular weight is 437 g/mol. The second-order valence-electron chi connectivity index (χ2n) is 8.24. The number of piperazine rings is 1. The second-order valence-corrected chi connectivity index (χ2v) is 8.68. The highest BCUT2D eigenvalue weighted by molar-refractivity contribution is 6.30. The van der Waals surface area contributed by atoms with Crippen molar-refractivity contribution >= 4 is 40.0 Å². The van der Waals surface area contributed by atoms with Crippen molar-refractivity contribution < 1.29 is 9.59 Å². The molecule has 3 aromatic rings. The molecule has 2 aliphatic heterocycles. The van der Waals surface area contributed by atoms with Gasteiger partial charge in [-0.3, -0.25) is 19.4 Å². The number of aryl methyl sites for hydroxylation is 1. The van der Waals surface area contributed by atoms with Crippen molar-refractivity contribution in [3.8, 4) is 0 Å². The monoisotopic (exact) mass is 436 g/mol. The van der Waals surface area contributed by atoms with Crippen molar-refractivity contribution in [2.75, 3.05) is 44.2 Å². The van der Waals surface area contributed by atoms with E-state index >= 15 is 0 Å². The first kappa shape index (κ1) is 20.1. The highest BCUT2D eigenvalue weighted by Gasteiger charge is 2.35. The molecule has 0 atom stereocenters. The smallest absolute Gasteiger partial charge is 0.277 e. The van der Waals surface area contributed by atoms with Gasteiger partial charge in [0.2, 0.25) is 5.91 Å². The lowest BCUT2D eigenvalue weighted by atomic mass is 10.0. The number of rotatable bonds is 4. The summed E-state index contributed by atoms with van der Waals surface area (Å²) in [6, 6.07) is 15.8. The fourth-order valence-electron chi connectivity index (χ4n) is 4.78. The number of amides is 2. The number of hydrogen-bond donors (Lipinski definition) is 0. The van der Waals surface area contributed by atoms with Crippen LogP contribution in [0.1, 0.15) is 16.1 Å². The van der Waals surface area contributed by atoms with E-state index in [4.69, 9.17) is 11.6 Å². The van der Waals surface area contributed by atoms with E-state index in [2.05, 4.69) is 15.9 Å². The maximum Gasteiger partial charge on any atom is 0.277 e. The van der Waals surface area contributed by atoms with Crippen LogP contribution in [0.4, 0.5) is 5.69 Å². The Bertz CT molecular complexity index is 1160. The summed E-state index contributed by atoms with van der Waals surface area (Å²) in [5, 5.41) is 1.74. The molecule has 0 unspecified atom stereocenters. The second kappa shape index (κ2) is 8.02. The number of anilines is 1. The van der Waals surface area contributed by atoms with Crippen LogP contribution in [0.5, 0.6) is 0 Å². The van der Waals surface area contributed by atoms with Gasteiger partial charge >= 0.3 is 0 Å². The highest BCUT2D eigenvalue weighted by Crippen LogP contribution is 2.30. The number of para-hydroxylation sites is 1. The minimum Gasteiger partial charge on any atom is -0.369 e. The third-order valence-corrected chi connectivity index (χ3v) is 6.71. The SMILES string of the molecule is Cn1c2c(c3ccccc31)CC(=O)N(CCN1CCN(c3cccc(Cl)c3)CC1)C2=O. The Morgan fingerprint density at radius 3 is 2.48 bits per heavy atom. The van der Waals surface area contributed by atoms with Gasteiger partial charge in [-0.15, -0.1) is 0 Å². The first-order valence-corrected chi connectivity index (χ1v) is 11.0. The number of nitrogens with zero attached hydrogens (tertiary/aromatic N) is 4. The van der Waals surface area contributed by atoms with Crippen molar-refractivity contribution in [2.45, 2.75) is 6.42 Å². The summed E-state index contributed by atoms with van der Waals surface area (Å²) in [7, 11) is 1.90. The molecule has 0 spiro atoms. The predicted octanol–water partition coefficient (Wildman–Crippen LogP) is 3.18. The Labute approximate surface area is 186 Å². The van der Waals surface area contributed by atoms with E-state index in [0.29, 0.717) is 18.8 Å². The maximum absolute atomic E-state index is 13.2. The summed E-state index contributed by atoms with van der Waals surface area (Å²) >= 11 is 6.12. The molecule has 2 aliphatic rings. The zero-order valence-corrected chi connectivity index (χ0v) is 18.3. The van der Waals surface area contributed by atoms with Crippen molar-refractivity contribution in [3.05, 3.63) is 64.8 Å². The fraction of sp³-hybridized carbons (Fsp3) is 0.333. The number of hydrogen-bond acceptors (Lipinski definition) is 4. The molecule has 5 rings (SSSR count). The van der Waals surface area contributed by atoms with Crippen molar-refractivity contribution in [1.29, 1.82) is 0 Å². The Kier molecular flexibility index (Phi) is 5.20. The lowest BCUT2D eigenvalue weighted by Gasteiger charge is -2.37. The van der Waals surface area contributed by atoms with E-state index in [9.17, 15) is 9.59 Å². The molecule has 3 heterocycles. The van der Waals surface area contributed by atoms with Crippen LogP contribution in [0, 0.1) is 0 Å². The molecule has 1 fully saturated rings. The van der Waals surface area contributed by atoms with Gasteiger partial charge in [0, 0.05) is 73.5 Å². The van der Waals surface area contributed by atoms with Crippen LogP contribution < -0.4 is 4.90 Å². The molecule has 0 aliphatic carbocycles. The number of fused-ring (bicyclic) bond motifs is 3. The molecule has 0 radical (unpaired) electrons. The quantitative estimate of drug-likeness (QED) is 0.589. The van der Waals surface area contributed by atoms with Crippen molar-refractivity contribution in [3.63, 3.8) is 0 Å². The summed E-state index contributed by atoms with van der Waals surface area (Å²) in [4.78, 5) is 32.1. The highest BCUT2D eigenvalue weighted by atomic mass is 35.5. The van der Waals surface area contributed by atoms with Crippen LogP contribution in [0.15, 0.2) is 48.5 Å². The Morgan fingerprint density at radius 2 is 1.71 bits per heavy atom. The Hall–Kier alpha value is -2.83.